The van der Waals surface area contributed by atoms with Crippen molar-refractivity contribution in [2.45, 2.75) is 105 Å². The molecule has 0 aromatic heterocycles. The quantitative estimate of drug-likeness (QED) is 0.167. The Morgan fingerprint density at radius 2 is 1.14 bits per heavy atom. The number of aliphatic hydroxyl groups is 1. The van der Waals surface area contributed by atoms with Crippen LogP contribution < -0.4 is 0 Å². The zero-order valence-corrected chi connectivity index (χ0v) is 20.8. The lowest BCUT2D eigenvalue weighted by Crippen LogP contribution is -2.13. The third-order valence-corrected chi connectivity index (χ3v) is 6.29. The standard InChI is InChI=1S/C23H49O5P/c1-22(2,14-7-6-10-18-24)15-8-11-19-27-20-12-9-16-23(3,4)17-13-21-28-29(5,25)26/h24H,6-21H2,1-5H3,(H,25,26). The molecule has 0 heterocycles. The minimum absolute atomic E-state index is 0.235. The van der Waals surface area contributed by atoms with Crippen LogP contribution in [0.1, 0.15) is 105 Å². The van der Waals surface area contributed by atoms with Gasteiger partial charge in [0.25, 0.3) is 0 Å². The molecule has 29 heavy (non-hydrogen) atoms. The summed E-state index contributed by atoms with van der Waals surface area (Å²) < 4.78 is 21.9. The van der Waals surface area contributed by atoms with Gasteiger partial charge in [-0.25, -0.2) is 0 Å². The van der Waals surface area contributed by atoms with E-state index in [0.717, 1.165) is 64.6 Å². The van der Waals surface area contributed by atoms with Gasteiger partial charge < -0.3 is 19.3 Å². The summed E-state index contributed by atoms with van der Waals surface area (Å²) >= 11 is 0. The molecule has 0 bridgehead atoms. The molecule has 0 aromatic rings. The highest BCUT2D eigenvalue weighted by Gasteiger charge is 2.18. The van der Waals surface area contributed by atoms with Gasteiger partial charge in [0.1, 0.15) is 0 Å². The number of hydrogen-bond acceptors (Lipinski definition) is 4. The smallest absolute Gasteiger partial charge is 0.325 e. The van der Waals surface area contributed by atoms with Crippen LogP contribution in [-0.4, -0.2) is 43.1 Å². The van der Waals surface area contributed by atoms with Crippen LogP contribution in [-0.2, 0) is 13.8 Å². The van der Waals surface area contributed by atoms with Gasteiger partial charge >= 0.3 is 7.60 Å². The summed E-state index contributed by atoms with van der Waals surface area (Å²) in [5.74, 6) is 0. The first-order valence-electron chi connectivity index (χ1n) is 11.6. The number of rotatable bonds is 20. The highest BCUT2D eigenvalue weighted by Crippen LogP contribution is 2.37. The molecule has 1 unspecified atom stereocenters. The molecule has 176 valence electrons. The molecule has 0 aliphatic rings. The number of aliphatic hydroxyl groups excluding tert-OH is 1. The maximum atomic E-state index is 11.1. The van der Waals surface area contributed by atoms with E-state index in [4.69, 9.17) is 19.3 Å². The summed E-state index contributed by atoms with van der Waals surface area (Å²) in [7, 11) is -3.33. The second-order valence-electron chi connectivity index (χ2n) is 10.1. The van der Waals surface area contributed by atoms with Crippen molar-refractivity contribution in [1.82, 2.24) is 0 Å². The lowest BCUT2D eigenvalue weighted by molar-refractivity contribution is 0.119. The Hall–Kier alpha value is 0.0700. The summed E-state index contributed by atoms with van der Waals surface area (Å²) in [5.41, 5.74) is 0.636. The van der Waals surface area contributed by atoms with Crippen molar-refractivity contribution in [3.05, 3.63) is 0 Å². The van der Waals surface area contributed by atoms with Gasteiger partial charge in [-0.05, 0) is 62.2 Å². The summed E-state index contributed by atoms with van der Waals surface area (Å²) in [6, 6.07) is 0. The Morgan fingerprint density at radius 1 is 0.690 bits per heavy atom. The topological polar surface area (TPSA) is 76.0 Å². The average molecular weight is 437 g/mol. The van der Waals surface area contributed by atoms with E-state index in [2.05, 4.69) is 27.7 Å². The minimum atomic E-state index is -3.33. The van der Waals surface area contributed by atoms with Crippen molar-refractivity contribution in [2.24, 2.45) is 10.8 Å². The van der Waals surface area contributed by atoms with Crippen molar-refractivity contribution in [1.29, 1.82) is 0 Å². The van der Waals surface area contributed by atoms with Gasteiger partial charge in [-0.1, -0.05) is 53.4 Å². The minimum Gasteiger partial charge on any atom is -0.396 e. The van der Waals surface area contributed by atoms with E-state index < -0.39 is 7.60 Å². The molecule has 0 radical (unpaired) electrons. The van der Waals surface area contributed by atoms with Gasteiger partial charge in [0.15, 0.2) is 0 Å². The Bertz CT molecular complexity index is 431. The van der Waals surface area contributed by atoms with Crippen LogP contribution in [0.2, 0.25) is 0 Å². The first-order valence-corrected chi connectivity index (χ1v) is 13.6. The fourth-order valence-electron chi connectivity index (χ4n) is 3.64. The summed E-state index contributed by atoms with van der Waals surface area (Å²) in [6.07, 6.45) is 13.3. The summed E-state index contributed by atoms with van der Waals surface area (Å²) in [5, 5.41) is 8.85. The largest absolute Gasteiger partial charge is 0.396 e. The zero-order chi connectivity index (χ0) is 22.2. The fourth-order valence-corrected chi connectivity index (χ4v) is 4.11. The van der Waals surface area contributed by atoms with E-state index in [0.29, 0.717) is 18.6 Å². The van der Waals surface area contributed by atoms with Crippen molar-refractivity contribution < 1.29 is 23.8 Å². The van der Waals surface area contributed by atoms with E-state index in [1.807, 2.05) is 0 Å². The lowest BCUT2D eigenvalue weighted by Gasteiger charge is -2.25. The number of unbranched alkanes of at least 4 members (excludes halogenated alkanes) is 4. The monoisotopic (exact) mass is 436 g/mol. The highest BCUT2D eigenvalue weighted by atomic mass is 31.2. The average Bonchev–Trinajstić information content (AvgIpc) is 2.60. The van der Waals surface area contributed by atoms with Gasteiger partial charge in [0.05, 0.1) is 6.61 Å². The van der Waals surface area contributed by atoms with Gasteiger partial charge in [0.2, 0.25) is 0 Å². The van der Waals surface area contributed by atoms with E-state index in [-0.39, 0.29) is 5.41 Å². The van der Waals surface area contributed by atoms with Crippen LogP contribution >= 0.6 is 7.60 Å². The molecule has 1 atom stereocenters. The third-order valence-electron chi connectivity index (χ3n) is 5.62. The Balaban J connectivity index is 3.56. The van der Waals surface area contributed by atoms with Crippen molar-refractivity contribution >= 4 is 7.60 Å². The molecule has 0 spiro atoms. The molecule has 5 nitrogen and oxygen atoms in total. The molecule has 0 amide bonds. The maximum absolute atomic E-state index is 11.1. The van der Waals surface area contributed by atoms with E-state index in [1.54, 1.807) is 0 Å². The lowest BCUT2D eigenvalue weighted by atomic mass is 9.82. The van der Waals surface area contributed by atoms with Crippen LogP contribution in [0.3, 0.4) is 0 Å². The molecular formula is C23H49O5P. The molecule has 2 N–H and O–H groups in total. The second kappa shape index (κ2) is 15.8. The SMILES string of the molecule is CC(C)(CCCCCO)CCCCOCCCCC(C)(C)CCCOP(C)(=O)O. The van der Waals surface area contributed by atoms with E-state index >= 15 is 0 Å². The van der Waals surface area contributed by atoms with Crippen molar-refractivity contribution in [3.63, 3.8) is 0 Å². The zero-order valence-electron chi connectivity index (χ0n) is 19.9. The van der Waals surface area contributed by atoms with Crippen LogP contribution in [0.25, 0.3) is 0 Å². The maximum Gasteiger partial charge on any atom is 0.325 e. The van der Waals surface area contributed by atoms with Crippen LogP contribution in [0, 0.1) is 10.8 Å². The predicted molar refractivity (Wildman–Crippen MR) is 123 cm³/mol. The Labute approximate surface area is 180 Å². The van der Waals surface area contributed by atoms with E-state index in [1.165, 1.54) is 32.3 Å². The Kier molecular flexibility index (Phi) is 15.8. The molecule has 0 saturated carbocycles. The highest BCUT2D eigenvalue weighted by molar-refractivity contribution is 7.51. The summed E-state index contributed by atoms with van der Waals surface area (Å²) in [6.45, 7) is 12.8. The number of hydrogen-bond donors (Lipinski definition) is 2. The van der Waals surface area contributed by atoms with E-state index in [9.17, 15) is 4.57 Å². The molecule has 0 aliphatic carbocycles. The molecule has 0 aromatic carbocycles. The van der Waals surface area contributed by atoms with Gasteiger partial charge in [-0.3, -0.25) is 4.57 Å². The fraction of sp³-hybridized carbons (Fsp3) is 1.00. The first-order chi connectivity index (χ1) is 13.5. The molecule has 0 fully saturated rings. The second-order valence-corrected chi connectivity index (χ2v) is 12.0. The molecule has 0 saturated heterocycles. The normalized spacial score (nSPS) is 14.9. The number of ether oxygens (including phenoxy) is 1. The van der Waals surface area contributed by atoms with Gasteiger partial charge in [0, 0.05) is 26.5 Å². The van der Waals surface area contributed by atoms with Crippen LogP contribution in [0.15, 0.2) is 0 Å². The van der Waals surface area contributed by atoms with Gasteiger partial charge in [-0.15, -0.1) is 0 Å². The third kappa shape index (κ3) is 21.1. The van der Waals surface area contributed by atoms with Crippen molar-refractivity contribution in [2.75, 3.05) is 33.1 Å². The summed E-state index contributed by atoms with van der Waals surface area (Å²) in [4.78, 5) is 9.13. The molecule has 6 heteroatoms. The van der Waals surface area contributed by atoms with Gasteiger partial charge in [-0.2, -0.15) is 0 Å². The van der Waals surface area contributed by atoms with Crippen LogP contribution in [0.5, 0.6) is 0 Å². The van der Waals surface area contributed by atoms with Crippen molar-refractivity contribution in [3.8, 4) is 0 Å². The Morgan fingerprint density at radius 3 is 1.59 bits per heavy atom. The first kappa shape index (κ1) is 29.1. The molecule has 0 aliphatic heterocycles. The molecule has 0 rings (SSSR count). The molecular weight excluding hydrogens is 387 g/mol. The van der Waals surface area contributed by atoms with Crippen LogP contribution in [0.4, 0.5) is 0 Å². The predicted octanol–water partition coefficient (Wildman–Crippen LogP) is 6.56.